The van der Waals surface area contributed by atoms with Crippen LogP contribution in [-0.4, -0.2) is 11.0 Å². The number of phenolic OH excluding ortho intramolecular Hbond substituents is 1. The first-order valence-electron chi connectivity index (χ1n) is 7.70. The molecule has 0 spiro atoms. The second kappa shape index (κ2) is 7.72. The number of aryl methyl sites for hydroxylation is 1. The van der Waals surface area contributed by atoms with Gasteiger partial charge in [-0.05, 0) is 48.9 Å². The number of amides is 1. The molecule has 1 heterocycles. The molecule has 1 aromatic heterocycles. The number of phenols is 1. The summed E-state index contributed by atoms with van der Waals surface area (Å²) in [5.41, 5.74) is 1.10. The maximum atomic E-state index is 12.3. The van der Waals surface area contributed by atoms with E-state index in [0.717, 1.165) is 5.56 Å². The van der Waals surface area contributed by atoms with Crippen molar-refractivity contribution in [2.24, 2.45) is 0 Å². The van der Waals surface area contributed by atoms with E-state index in [2.05, 4.69) is 5.32 Å². The predicted molar refractivity (Wildman–Crippen MR) is 100 cm³/mol. The second-order valence-corrected chi connectivity index (χ2v) is 6.40. The van der Waals surface area contributed by atoms with E-state index in [1.54, 1.807) is 12.1 Å². The SMILES string of the molecule is Cc1cccc(Cl)c1OCc1ccc(C(=O)Nc2cc(Cl)ccc2O)o1. The molecule has 0 aliphatic carbocycles. The molecule has 0 aliphatic heterocycles. The molecule has 0 radical (unpaired) electrons. The topological polar surface area (TPSA) is 71.7 Å². The van der Waals surface area contributed by atoms with Crippen molar-refractivity contribution in [1.29, 1.82) is 0 Å². The second-order valence-electron chi connectivity index (χ2n) is 5.56. The summed E-state index contributed by atoms with van der Waals surface area (Å²) in [6.45, 7) is 2.01. The molecule has 3 aromatic rings. The number of rotatable bonds is 5. The van der Waals surface area contributed by atoms with Crippen molar-refractivity contribution in [3.05, 3.63) is 75.7 Å². The van der Waals surface area contributed by atoms with Crippen molar-refractivity contribution in [3.63, 3.8) is 0 Å². The van der Waals surface area contributed by atoms with Gasteiger partial charge in [-0.1, -0.05) is 35.3 Å². The molecule has 7 heteroatoms. The van der Waals surface area contributed by atoms with E-state index < -0.39 is 5.91 Å². The minimum atomic E-state index is -0.511. The van der Waals surface area contributed by atoms with Gasteiger partial charge in [0.05, 0.1) is 10.7 Å². The molecule has 0 aliphatic rings. The number of hydrogen-bond acceptors (Lipinski definition) is 4. The minimum Gasteiger partial charge on any atom is -0.506 e. The molecule has 134 valence electrons. The summed E-state index contributed by atoms with van der Waals surface area (Å²) in [7, 11) is 0. The summed E-state index contributed by atoms with van der Waals surface area (Å²) in [6, 6.07) is 13.0. The fourth-order valence-electron chi connectivity index (χ4n) is 2.31. The lowest BCUT2D eigenvalue weighted by Gasteiger charge is -2.09. The van der Waals surface area contributed by atoms with E-state index in [-0.39, 0.29) is 23.8 Å². The monoisotopic (exact) mass is 391 g/mol. The van der Waals surface area contributed by atoms with Gasteiger partial charge in [-0.3, -0.25) is 4.79 Å². The molecule has 26 heavy (non-hydrogen) atoms. The Morgan fingerprint density at radius 2 is 2.00 bits per heavy atom. The van der Waals surface area contributed by atoms with Crippen LogP contribution >= 0.6 is 23.2 Å². The highest BCUT2D eigenvalue weighted by Gasteiger charge is 2.14. The number of carbonyl (C=O) groups is 1. The number of nitrogens with one attached hydrogen (secondary N) is 1. The van der Waals surface area contributed by atoms with Crippen LogP contribution in [0.2, 0.25) is 10.0 Å². The first kappa shape index (κ1) is 18.2. The van der Waals surface area contributed by atoms with Crippen LogP contribution in [0, 0.1) is 6.92 Å². The number of ether oxygens (including phenoxy) is 1. The molecule has 0 fully saturated rings. The molecule has 0 saturated carbocycles. The number of benzene rings is 2. The Kier molecular flexibility index (Phi) is 5.40. The third-order valence-corrected chi connectivity index (χ3v) is 4.15. The van der Waals surface area contributed by atoms with Crippen LogP contribution in [0.3, 0.4) is 0 Å². The lowest BCUT2D eigenvalue weighted by molar-refractivity contribution is 0.0992. The van der Waals surface area contributed by atoms with E-state index in [4.69, 9.17) is 32.4 Å². The van der Waals surface area contributed by atoms with Crippen molar-refractivity contribution in [1.82, 2.24) is 0 Å². The van der Waals surface area contributed by atoms with Crippen LogP contribution in [-0.2, 0) is 6.61 Å². The van der Waals surface area contributed by atoms with E-state index in [1.165, 1.54) is 24.3 Å². The average molecular weight is 392 g/mol. The lowest BCUT2D eigenvalue weighted by Crippen LogP contribution is -2.11. The average Bonchev–Trinajstić information content (AvgIpc) is 3.07. The predicted octanol–water partition coefficient (Wildman–Crippen LogP) is 5.43. The van der Waals surface area contributed by atoms with Gasteiger partial charge >= 0.3 is 0 Å². The normalized spacial score (nSPS) is 10.6. The van der Waals surface area contributed by atoms with Crippen LogP contribution in [0.1, 0.15) is 21.9 Å². The Morgan fingerprint density at radius 1 is 1.19 bits per heavy atom. The smallest absolute Gasteiger partial charge is 0.291 e. The highest BCUT2D eigenvalue weighted by Crippen LogP contribution is 2.29. The van der Waals surface area contributed by atoms with Gasteiger partial charge < -0.3 is 19.6 Å². The van der Waals surface area contributed by atoms with Crippen molar-refractivity contribution in [3.8, 4) is 11.5 Å². The summed E-state index contributed by atoms with van der Waals surface area (Å²) < 4.78 is 11.2. The van der Waals surface area contributed by atoms with Gasteiger partial charge in [-0.2, -0.15) is 0 Å². The molecule has 3 rings (SSSR count). The number of carbonyl (C=O) groups excluding carboxylic acids is 1. The van der Waals surface area contributed by atoms with Crippen molar-refractivity contribution in [2.45, 2.75) is 13.5 Å². The standard InChI is InChI=1S/C19H15Cl2NO4/c1-11-3-2-4-14(21)18(11)25-10-13-6-8-17(26-13)19(24)22-15-9-12(20)5-7-16(15)23/h2-9,23H,10H2,1H3,(H,22,24). The highest BCUT2D eigenvalue weighted by molar-refractivity contribution is 6.32. The molecular weight excluding hydrogens is 377 g/mol. The minimum absolute atomic E-state index is 0.0823. The first-order chi connectivity index (χ1) is 12.4. The van der Waals surface area contributed by atoms with E-state index in [0.29, 0.717) is 21.6 Å². The van der Waals surface area contributed by atoms with Gasteiger partial charge in [0, 0.05) is 5.02 Å². The van der Waals surface area contributed by atoms with Gasteiger partial charge in [0.25, 0.3) is 5.91 Å². The Labute approximate surface area is 160 Å². The zero-order valence-corrected chi connectivity index (χ0v) is 15.3. The maximum absolute atomic E-state index is 12.3. The summed E-state index contributed by atoms with van der Waals surface area (Å²) >= 11 is 12.0. The fraction of sp³-hybridized carbons (Fsp3) is 0.105. The molecule has 2 N–H and O–H groups in total. The van der Waals surface area contributed by atoms with E-state index in [9.17, 15) is 9.90 Å². The first-order valence-corrected chi connectivity index (χ1v) is 8.46. The van der Waals surface area contributed by atoms with Gasteiger partial charge in [-0.25, -0.2) is 0 Å². The van der Waals surface area contributed by atoms with E-state index in [1.807, 2.05) is 19.1 Å². The molecule has 0 atom stereocenters. The van der Waals surface area contributed by atoms with Crippen molar-refractivity contribution in [2.75, 3.05) is 5.32 Å². The summed E-state index contributed by atoms with van der Waals surface area (Å²) in [5, 5.41) is 13.2. The molecule has 1 amide bonds. The molecule has 0 saturated heterocycles. The number of hydrogen-bond donors (Lipinski definition) is 2. The number of aromatic hydroxyl groups is 1. The van der Waals surface area contributed by atoms with E-state index >= 15 is 0 Å². The zero-order valence-electron chi connectivity index (χ0n) is 13.8. The molecule has 0 unspecified atom stereocenters. The Balaban J connectivity index is 1.67. The van der Waals surface area contributed by atoms with Crippen molar-refractivity contribution < 1.29 is 19.1 Å². The van der Waals surface area contributed by atoms with Gasteiger partial charge in [-0.15, -0.1) is 0 Å². The van der Waals surface area contributed by atoms with Gasteiger partial charge in [0.2, 0.25) is 0 Å². The number of halogens is 2. The molecule has 2 aromatic carbocycles. The third kappa shape index (κ3) is 4.12. The quantitative estimate of drug-likeness (QED) is 0.568. The lowest BCUT2D eigenvalue weighted by atomic mass is 10.2. The Bertz CT molecular complexity index is 932. The molecular formula is C19H15Cl2NO4. The largest absolute Gasteiger partial charge is 0.506 e. The highest BCUT2D eigenvalue weighted by atomic mass is 35.5. The van der Waals surface area contributed by atoms with Crippen molar-refractivity contribution >= 4 is 34.8 Å². The molecule has 0 bridgehead atoms. The maximum Gasteiger partial charge on any atom is 0.291 e. The number of para-hydroxylation sites is 1. The summed E-state index contributed by atoms with van der Waals surface area (Å²) in [4.78, 5) is 12.3. The summed E-state index contributed by atoms with van der Waals surface area (Å²) in [5.74, 6) is 0.513. The third-order valence-electron chi connectivity index (χ3n) is 3.61. The number of anilines is 1. The van der Waals surface area contributed by atoms with Crippen LogP contribution in [0.25, 0.3) is 0 Å². The van der Waals surface area contributed by atoms with Crippen LogP contribution < -0.4 is 10.1 Å². The number of furan rings is 1. The van der Waals surface area contributed by atoms with Crippen LogP contribution in [0.15, 0.2) is 52.9 Å². The van der Waals surface area contributed by atoms with Gasteiger partial charge in [0.15, 0.2) is 5.76 Å². The van der Waals surface area contributed by atoms with Crippen LogP contribution in [0.4, 0.5) is 5.69 Å². The fourth-order valence-corrected chi connectivity index (χ4v) is 2.76. The molecule has 5 nitrogen and oxygen atoms in total. The Morgan fingerprint density at radius 3 is 2.77 bits per heavy atom. The zero-order chi connectivity index (χ0) is 18.7. The Hall–Kier alpha value is -2.63. The van der Waals surface area contributed by atoms with Crippen LogP contribution in [0.5, 0.6) is 11.5 Å². The summed E-state index contributed by atoms with van der Waals surface area (Å²) in [6.07, 6.45) is 0. The van der Waals surface area contributed by atoms with Gasteiger partial charge in [0.1, 0.15) is 23.9 Å².